The molecule has 1 aliphatic rings. The van der Waals surface area contributed by atoms with Crippen molar-refractivity contribution in [3.63, 3.8) is 0 Å². The predicted molar refractivity (Wildman–Crippen MR) is 79.5 cm³/mol. The zero-order valence-corrected chi connectivity index (χ0v) is 13.0. The lowest BCUT2D eigenvalue weighted by atomic mass is 10.1. The molecule has 2 rings (SSSR count). The predicted octanol–water partition coefficient (Wildman–Crippen LogP) is 3.48. The Hall–Kier alpha value is -0.580. The number of hydrogen-bond donors (Lipinski definition) is 1. The molecule has 0 saturated heterocycles. The van der Waals surface area contributed by atoms with Crippen LogP contribution in [0.5, 0.6) is 0 Å². The average molecular weight is 347 g/mol. The van der Waals surface area contributed by atoms with Crippen LogP contribution in [0.2, 0.25) is 5.02 Å². The number of amides is 1. The molecule has 0 unspecified atom stereocenters. The van der Waals surface area contributed by atoms with Crippen LogP contribution >= 0.6 is 27.5 Å². The van der Waals surface area contributed by atoms with Gasteiger partial charge in [-0.2, -0.15) is 0 Å². The number of halogens is 2. The lowest BCUT2D eigenvalue weighted by Crippen LogP contribution is -2.40. The topological polar surface area (TPSA) is 40.5 Å². The van der Waals surface area contributed by atoms with Gasteiger partial charge in [-0.1, -0.05) is 40.4 Å². The van der Waals surface area contributed by atoms with Gasteiger partial charge in [0.25, 0.3) is 5.91 Å². The standard InChI is InChI=1S/C14H17BrClNO2/c15-10-5-6-13(16)12(9-10)14(19)17(7-8-18)11-3-1-2-4-11/h5-6,9,11,18H,1-4,7-8H2. The Morgan fingerprint density at radius 2 is 2.11 bits per heavy atom. The molecule has 1 aromatic carbocycles. The molecule has 0 radical (unpaired) electrons. The maximum atomic E-state index is 12.6. The quantitative estimate of drug-likeness (QED) is 0.907. The summed E-state index contributed by atoms with van der Waals surface area (Å²) in [5.74, 6) is -0.0905. The van der Waals surface area contributed by atoms with Gasteiger partial charge in [0, 0.05) is 17.1 Å². The summed E-state index contributed by atoms with van der Waals surface area (Å²) in [5.41, 5.74) is 0.497. The first-order valence-electron chi connectivity index (χ1n) is 6.50. The van der Waals surface area contributed by atoms with Crippen molar-refractivity contribution in [3.8, 4) is 0 Å². The van der Waals surface area contributed by atoms with Gasteiger partial charge in [-0.05, 0) is 31.0 Å². The first-order valence-corrected chi connectivity index (χ1v) is 7.67. The van der Waals surface area contributed by atoms with Crippen LogP contribution in [0.15, 0.2) is 22.7 Å². The summed E-state index contributed by atoms with van der Waals surface area (Å²) >= 11 is 9.47. The van der Waals surface area contributed by atoms with Crippen molar-refractivity contribution in [2.24, 2.45) is 0 Å². The smallest absolute Gasteiger partial charge is 0.255 e. The number of aliphatic hydroxyl groups is 1. The second kappa shape index (κ2) is 6.73. The van der Waals surface area contributed by atoms with E-state index >= 15 is 0 Å². The van der Waals surface area contributed by atoms with Crippen LogP contribution in [0.25, 0.3) is 0 Å². The number of aliphatic hydroxyl groups excluding tert-OH is 1. The Kier molecular flexibility index (Phi) is 5.25. The van der Waals surface area contributed by atoms with Crippen LogP contribution in [0, 0.1) is 0 Å². The van der Waals surface area contributed by atoms with E-state index in [4.69, 9.17) is 11.6 Å². The van der Waals surface area contributed by atoms with Gasteiger partial charge in [0.15, 0.2) is 0 Å². The molecule has 3 nitrogen and oxygen atoms in total. The summed E-state index contributed by atoms with van der Waals surface area (Å²) in [6, 6.07) is 5.49. The van der Waals surface area contributed by atoms with Crippen molar-refractivity contribution >= 4 is 33.4 Å². The summed E-state index contributed by atoms with van der Waals surface area (Å²) in [6.45, 7) is 0.347. The van der Waals surface area contributed by atoms with Gasteiger partial charge in [-0.25, -0.2) is 0 Å². The number of nitrogens with zero attached hydrogens (tertiary/aromatic N) is 1. The molecule has 0 atom stereocenters. The largest absolute Gasteiger partial charge is 0.395 e. The molecule has 1 aliphatic carbocycles. The van der Waals surface area contributed by atoms with Crippen molar-refractivity contribution in [1.29, 1.82) is 0 Å². The van der Waals surface area contributed by atoms with E-state index in [1.807, 2.05) is 6.07 Å². The SMILES string of the molecule is O=C(c1cc(Br)ccc1Cl)N(CCO)C1CCCC1. The van der Waals surface area contributed by atoms with E-state index in [0.717, 1.165) is 30.2 Å². The van der Waals surface area contributed by atoms with Gasteiger partial charge < -0.3 is 10.0 Å². The van der Waals surface area contributed by atoms with Crippen LogP contribution in [-0.4, -0.2) is 35.1 Å². The second-order valence-electron chi connectivity index (χ2n) is 4.78. The van der Waals surface area contributed by atoms with Gasteiger partial charge in [0.2, 0.25) is 0 Å². The molecule has 1 saturated carbocycles. The summed E-state index contributed by atoms with van der Waals surface area (Å²) < 4.78 is 0.829. The van der Waals surface area contributed by atoms with E-state index in [1.54, 1.807) is 17.0 Å². The van der Waals surface area contributed by atoms with Crippen LogP contribution in [-0.2, 0) is 0 Å². The molecule has 1 aromatic rings. The average Bonchev–Trinajstić information content (AvgIpc) is 2.92. The molecule has 1 fully saturated rings. The van der Waals surface area contributed by atoms with Crippen molar-refractivity contribution in [3.05, 3.63) is 33.3 Å². The Balaban J connectivity index is 2.25. The number of benzene rings is 1. The summed E-state index contributed by atoms with van der Waals surface area (Å²) in [4.78, 5) is 14.4. The third-order valence-corrected chi connectivity index (χ3v) is 4.35. The molecule has 104 valence electrons. The van der Waals surface area contributed by atoms with Crippen LogP contribution in [0.1, 0.15) is 36.0 Å². The Bertz CT molecular complexity index is 461. The van der Waals surface area contributed by atoms with Crippen LogP contribution in [0.4, 0.5) is 0 Å². The van der Waals surface area contributed by atoms with E-state index in [-0.39, 0.29) is 18.6 Å². The molecule has 0 spiro atoms. The number of rotatable bonds is 4. The molecular formula is C14H17BrClNO2. The fourth-order valence-corrected chi connectivity index (χ4v) is 3.15. The lowest BCUT2D eigenvalue weighted by Gasteiger charge is -2.28. The monoisotopic (exact) mass is 345 g/mol. The molecule has 0 heterocycles. The third kappa shape index (κ3) is 3.50. The normalized spacial score (nSPS) is 15.7. The Labute approximate surface area is 126 Å². The van der Waals surface area contributed by atoms with E-state index < -0.39 is 0 Å². The Morgan fingerprint density at radius 1 is 1.42 bits per heavy atom. The number of carbonyl (C=O) groups excluding carboxylic acids is 1. The molecule has 1 N–H and O–H groups in total. The van der Waals surface area contributed by atoms with Gasteiger partial charge in [-0.3, -0.25) is 4.79 Å². The maximum Gasteiger partial charge on any atom is 0.255 e. The molecule has 0 bridgehead atoms. The van der Waals surface area contributed by atoms with Gasteiger partial charge in [-0.15, -0.1) is 0 Å². The summed E-state index contributed by atoms with van der Waals surface area (Å²) in [6.07, 6.45) is 4.31. The van der Waals surface area contributed by atoms with E-state index in [2.05, 4.69) is 15.9 Å². The molecule has 1 amide bonds. The summed E-state index contributed by atoms with van der Waals surface area (Å²) in [7, 11) is 0. The van der Waals surface area contributed by atoms with Crippen molar-refractivity contribution in [1.82, 2.24) is 4.90 Å². The van der Waals surface area contributed by atoms with E-state index in [0.29, 0.717) is 17.1 Å². The number of hydrogen-bond acceptors (Lipinski definition) is 2. The van der Waals surface area contributed by atoms with Crippen LogP contribution in [0.3, 0.4) is 0 Å². The molecular weight excluding hydrogens is 330 g/mol. The Morgan fingerprint density at radius 3 is 2.74 bits per heavy atom. The fourth-order valence-electron chi connectivity index (χ4n) is 2.59. The van der Waals surface area contributed by atoms with Crippen molar-refractivity contribution in [2.75, 3.05) is 13.2 Å². The van der Waals surface area contributed by atoms with Gasteiger partial charge in [0.1, 0.15) is 0 Å². The van der Waals surface area contributed by atoms with Crippen molar-refractivity contribution in [2.45, 2.75) is 31.7 Å². The highest BCUT2D eigenvalue weighted by Gasteiger charge is 2.28. The summed E-state index contributed by atoms with van der Waals surface area (Å²) in [5, 5.41) is 9.63. The molecule has 0 aromatic heterocycles. The van der Waals surface area contributed by atoms with E-state index in [1.165, 1.54) is 0 Å². The lowest BCUT2D eigenvalue weighted by molar-refractivity contribution is 0.0638. The maximum absolute atomic E-state index is 12.6. The molecule has 0 aliphatic heterocycles. The highest BCUT2D eigenvalue weighted by atomic mass is 79.9. The van der Waals surface area contributed by atoms with Gasteiger partial charge >= 0.3 is 0 Å². The highest BCUT2D eigenvalue weighted by molar-refractivity contribution is 9.10. The first-order chi connectivity index (χ1) is 9.13. The second-order valence-corrected chi connectivity index (χ2v) is 6.11. The molecule has 5 heteroatoms. The number of carbonyl (C=O) groups is 1. The van der Waals surface area contributed by atoms with Crippen molar-refractivity contribution < 1.29 is 9.90 Å². The zero-order valence-electron chi connectivity index (χ0n) is 10.6. The minimum atomic E-state index is -0.0905. The van der Waals surface area contributed by atoms with Gasteiger partial charge in [0.05, 0.1) is 17.2 Å². The first kappa shape index (κ1) is 14.8. The minimum Gasteiger partial charge on any atom is -0.395 e. The zero-order chi connectivity index (χ0) is 13.8. The third-order valence-electron chi connectivity index (χ3n) is 3.53. The minimum absolute atomic E-state index is 0.0200. The van der Waals surface area contributed by atoms with E-state index in [9.17, 15) is 9.90 Å². The van der Waals surface area contributed by atoms with Crippen LogP contribution < -0.4 is 0 Å². The highest BCUT2D eigenvalue weighted by Crippen LogP contribution is 2.28. The molecule has 19 heavy (non-hydrogen) atoms. The fraction of sp³-hybridized carbons (Fsp3) is 0.500.